The third-order valence-corrected chi connectivity index (χ3v) is 5.63. The lowest BCUT2D eigenvalue weighted by Gasteiger charge is -2.14. The summed E-state index contributed by atoms with van der Waals surface area (Å²) in [5, 5.41) is 3.95. The molecule has 2 heterocycles. The first-order valence-electron chi connectivity index (χ1n) is 8.20. The van der Waals surface area contributed by atoms with Crippen LogP contribution >= 0.6 is 11.6 Å². The highest BCUT2D eigenvalue weighted by molar-refractivity contribution is 7.92. The van der Waals surface area contributed by atoms with Gasteiger partial charge in [0.05, 0.1) is 5.69 Å². The minimum absolute atomic E-state index is 0.133. The Morgan fingerprint density at radius 2 is 1.93 bits per heavy atom. The van der Waals surface area contributed by atoms with Gasteiger partial charge in [0.1, 0.15) is 0 Å². The summed E-state index contributed by atoms with van der Waals surface area (Å²) in [7, 11) is -4.15. The Morgan fingerprint density at radius 3 is 2.59 bits per heavy atom. The van der Waals surface area contributed by atoms with Crippen LogP contribution < -0.4 is 4.72 Å². The molecule has 0 bridgehead atoms. The lowest BCUT2D eigenvalue weighted by atomic mass is 10.0. The number of hydrogen-bond acceptors (Lipinski definition) is 6. The number of sulfonamides is 1. The molecule has 3 rings (SSSR count). The minimum Gasteiger partial charge on any atom is -0.294 e. The Kier molecular flexibility index (Phi) is 4.92. The minimum atomic E-state index is -4.15. The maximum absolute atomic E-state index is 12.9. The van der Waals surface area contributed by atoms with Crippen LogP contribution in [0.25, 0.3) is 5.78 Å². The lowest BCUT2D eigenvalue weighted by molar-refractivity contribution is 0.0989. The van der Waals surface area contributed by atoms with E-state index in [2.05, 4.69) is 19.8 Å². The van der Waals surface area contributed by atoms with Gasteiger partial charge in [-0.15, -0.1) is 5.10 Å². The van der Waals surface area contributed by atoms with Gasteiger partial charge in [-0.2, -0.15) is 13.4 Å². The fourth-order valence-corrected chi connectivity index (χ4v) is 3.85. The summed E-state index contributed by atoms with van der Waals surface area (Å²) in [5.74, 6) is -0.0240. The molecule has 8 nitrogen and oxygen atoms in total. The molecule has 3 aromatic rings. The van der Waals surface area contributed by atoms with Crippen molar-refractivity contribution in [2.24, 2.45) is 0 Å². The van der Waals surface area contributed by atoms with Gasteiger partial charge < -0.3 is 0 Å². The van der Waals surface area contributed by atoms with Crippen molar-refractivity contribution in [1.29, 1.82) is 0 Å². The van der Waals surface area contributed by atoms with E-state index in [-0.39, 0.29) is 29.2 Å². The van der Waals surface area contributed by atoms with Gasteiger partial charge in [0.2, 0.25) is 0 Å². The molecule has 0 atom stereocenters. The number of rotatable bonds is 5. The van der Waals surface area contributed by atoms with Gasteiger partial charge in [-0.25, -0.2) is 9.50 Å². The normalized spacial score (nSPS) is 11.7. The van der Waals surface area contributed by atoms with Crippen molar-refractivity contribution in [2.75, 3.05) is 4.72 Å². The quantitative estimate of drug-likeness (QED) is 0.651. The molecule has 0 amide bonds. The zero-order valence-corrected chi connectivity index (χ0v) is 16.8. The number of carbonyl (C=O) groups is 1. The van der Waals surface area contributed by atoms with Crippen molar-refractivity contribution in [3.63, 3.8) is 0 Å². The highest BCUT2D eigenvalue weighted by Gasteiger charge is 2.25. The molecule has 10 heteroatoms. The summed E-state index contributed by atoms with van der Waals surface area (Å²) in [4.78, 5) is 20.4. The molecule has 1 aromatic carbocycles. The number of Topliss-reactive ketones (excluding diaryl/α,β-unsaturated/α-hetero) is 1. The molecule has 0 aliphatic carbocycles. The van der Waals surface area contributed by atoms with Crippen LogP contribution in [0.2, 0.25) is 5.02 Å². The number of fused-ring (bicyclic) bond motifs is 1. The van der Waals surface area contributed by atoms with Gasteiger partial charge >= 0.3 is 0 Å². The van der Waals surface area contributed by atoms with Crippen LogP contribution in [0, 0.1) is 20.8 Å². The number of nitrogens with one attached hydrogen (secondary N) is 1. The summed E-state index contributed by atoms with van der Waals surface area (Å²) >= 11 is 6.12. The number of carbonyl (C=O) groups excluding carboxylic acids is 1. The predicted molar refractivity (Wildman–Crippen MR) is 102 cm³/mol. The van der Waals surface area contributed by atoms with Crippen LogP contribution in [0.3, 0.4) is 0 Å². The van der Waals surface area contributed by atoms with Crippen molar-refractivity contribution >= 4 is 38.9 Å². The number of nitrogens with zero attached hydrogens (tertiary/aromatic N) is 4. The second-order valence-electron chi connectivity index (χ2n) is 6.12. The van der Waals surface area contributed by atoms with Gasteiger partial charge in [-0.05, 0) is 44.5 Å². The standard InChI is InChI=1S/C17H18ClN5O3S/c1-5-14(24)12-6-7-13(18)11(4)15(12)22-27(25,26)17-20-16-19-9(2)8-10(3)23(16)21-17/h6-8,22H,5H2,1-4H3. The van der Waals surface area contributed by atoms with Crippen molar-refractivity contribution in [1.82, 2.24) is 19.6 Å². The van der Waals surface area contributed by atoms with Crippen molar-refractivity contribution in [2.45, 2.75) is 39.3 Å². The second kappa shape index (κ2) is 6.90. The maximum atomic E-state index is 12.9. The van der Waals surface area contributed by atoms with Crippen LogP contribution in [0.4, 0.5) is 5.69 Å². The number of hydrogen-bond donors (Lipinski definition) is 1. The molecule has 0 aliphatic heterocycles. The molecule has 0 unspecified atom stereocenters. The van der Waals surface area contributed by atoms with Gasteiger partial charge in [0.25, 0.3) is 21.0 Å². The molecular weight excluding hydrogens is 390 g/mol. The van der Waals surface area contributed by atoms with Gasteiger partial charge in [-0.3, -0.25) is 9.52 Å². The van der Waals surface area contributed by atoms with E-state index in [1.165, 1.54) is 10.6 Å². The molecule has 1 N–H and O–H groups in total. The van der Waals surface area contributed by atoms with Crippen LogP contribution in [0.5, 0.6) is 0 Å². The molecule has 0 aliphatic rings. The average Bonchev–Trinajstić information content (AvgIpc) is 3.04. The summed E-state index contributed by atoms with van der Waals surface area (Å²) < 4.78 is 29.5. The number of aromatic nitrogens is 4. The van der Waals surface area contributed by atoms with E-state index in [1.807, 2.05) is 0 Å². The fraction of sp³-hybridized carbons (Fsp3) is 0.294. The Bertz CT molecular complexity index is 1170. The summed E-state index contributed by atoms with van der Waals surface area (Å²) in [6.45, 7) is 6.90. The number of aryl methyl sites for hydroxylation is 2. The zero-order valence-electron chi connectivity index (χ0n) is 15.2. The maximum Gasteiger partial charge on any atom is 0.299 e. The van der Waals surface area contributed by atoms with E-state index < -0.39 is 15.2 Å². The van der Waals surface area contributed by atoms with Crippen LogP contribution in [0.1, 0.15) is 40.7 Å². The number of halogens is 1. The first-order valence-corrected chi connectivity index (χ1v) is 10.1. The SMILES string of the molecule is CCC(=O)c1ccc(Cl)c(C)c1NS(=O)(=O)c1nc2nc(C)cc(C)n2n1. The Balaban J connectivity index is 2.12. The summed E-state index contributed by atoms with van der Waals surface area (Å²) in [5.41, 5.74) is 2.23. The molecular formula is C17H18ClN5O3S. The summed E-state index contributed by atoms with van der Waals surface area (Å²) in [6, 6.07) is 4.84. The molecule has 0 saturated heterocycles. The zero-order chi connectivity index (χ0) is 19.9. The molecule has 0 fully saturated rings. The smallest absolute Gasteiger partial charge is 0.294 e. The molecule has 2 aromatic heterocycles. The van der Waals surface area contributed by atoms with Crippen molar-refractivity contribution in [3.05, 3.63) is 45.7 Å². The van der Waals surface area contributed by atoms with Crippen LogP contribution in [-0.4, -0.2) is 33.8 Å². The first-order chi connectivity index (χ1) is 12.6. The van der Waals surface area contributed by atoms with E-state index in [4.69, 9.17) is 11.6 Å². The molecule has 27 heavy (non-hydrogen) atoms. The Labute approximate surface area is 161 Å². The number of anilines is 1. The Morgan fingerprint density at radius 1 is 1.22 bits per heavy atom. The highest BCUT2D eigenvalue weighted by atomic mass is 35.5. The first kappa shape index (κ1) is 19.2. The van der Waals surface area contributed by atoms with E-state index in [9.17, 15) is 13.2 Å². The van der Waals surface area contributed by atoms with Crippen LogP contribution in [0.15, 0.2) is 23.4 Å². The van der Waals surface area contributed by atoms with E-state index in [1.54, 1.807) is 39.8 Å². The average molecular weight is 408 g/mol. The van der Waals surface area contributed by atoms with Gasteiger partial charge in [0, 0.05) is 28.4 Å². The third-order valence-electron chi connectivity index (χ3n) is 4.10. The predicted octanol–water partition coefficient (Wildman–Crippen LogP) is 3.10. The van der Waals surface area contributed by atoms with Gasteiger partial charge in [-0.1, -0.05) is 18.5 Å². The highest BCUT2D eigenvalue weighted by Crippen LogP contribution is 2.30. The summed E-state index contributed by atoms with van der Waals surface area (Å²) in [6.07, 6.45) is 0.227. The fourth-order valence-electron chi connectivity index (χ4n) is 2.68. The molecule has 142 valence electrons. The molecule has 0 saturated carbocycles. The lowest BCUT2D eigenvalue weighted by Crippen LogP contribution is -2.18. The van der Waals surface area contributed by atoms with Crippen molar-refractivity contribution < 1.29 is 13.2 Å². The van der Waals surface area contributed by atoms with Crippen LogP contribution in [-0.2, 0) is 10.0 Å². The largest absolute Gasteiger partial charge is 0.299 e. The molecule has 0 spiro atoms. The van der Waals surface area contributed by atoms with E-state index in [0.717, 1.165) is 0 Å². The topological polar surface area (TPSA) is 106 Å². The van der Waals surface area contributed by atoms with Crippen molar-refractivity contribution in [3.8, 4) is 0 Å². The van der Waals surface area contributed by atoms with E-state index in [0.29, 0.717) is 22.0 Å². The van der Waals surface area contributed by atoms with Gasteiger partial charge in [0.15, 0.2) is 5.78 Å². The number of benzene rings is 1. The monoisotopic (exact) mass is 407 g/mol. The second-order valence-corrected chi connectivity index (χ2v) is 8.11. The molecule has 0 radical (unpaired) electrons. The number of ketones is 1. The third kappa shape index (κ3) is 3.52. The Hall–Kier alpha value is -2.52. The van der Waals surface area contributed by atoms with E-state index >= 15 is 0 Å².